The van der Waals surface area contributed by atoms with Crippen molar-refractivity contribution < 1.29 is 14.4 Å². The number of unbranched alkanes of at least 4 members (excludes halogenated alkanes) is 11. The standard InChI is InChI=1S/C20H41NO2/c1-4-5-6-7-8-9-10-11-12-15-18-21(2,3)19-16-13-14-17-20(22)23/h4-19H2,1-3H3/p+1. The summed E-state index contributed by atoms with van der Waals surface area (Å²) in [5, 5.41) is 8.63. The highest BCUT2D eigenvalue weighted by atomic mass is 16.4. The predicted molar refractivity (Wildman–Crippen MR) is 99.8 cm³/mol. The third-order valence-electron chi connectivity index (χ3n) is 4.77. The molecule has 0 heterocycles. The largest absolute Gasteiger partial charge is 0.481 e. The molecule has 1 N–H and O–H groups in total. The molecule has 0 aliphatic carbocycles. The maximum absolute atomic E-state index is 10.5. The zero-order valence-corrected chi connectivity index (χ0v) is 16.1. The third kappa shape index (κ3) is 17.6. The van der Waals surface area contributed by atoms with Crippen LogP contribution in [0.25, 0.3) is 0 Å². The van der Waals surface area contributed by atoms with Gasteiger partial charge in [-0.1, -0.05) is 58.3 Å². The first-order valence-corrected chi connectivity index (χ1v) is 10.0. The van der Waals surface area contributed by atoms with Crippen LogP contribution in [-0.4, -0.2) is 42.7 Å². The van der Waals surface area contributed by atoms with Crippen LogP contribution in [0.3, 0.4) is 0 Å². The van der Waals surface area contributed by atoms with Gasteiger partial charge in [0.15, 0.2) is 0 Å². The van der Waals surface area contributed by atoms with Crippen molar-refractivity contribution in [2.75, 3.05) is 27.2 Å². The van der Waals surface area contributed by atoms with E-state index in [-0.39, 0.29) is 0 Å². The van der Waals surface area contributed by atoms with E-state index in [1.165, 1.54) is 77.3 Å². The fraction of sp³-hybridized carbons (Fsp3) is 0.950. The Morgan fingerprint density at radius 1 is 0.696 bits per heavy atom. The van der Waals surface area contributed by atoms with Crippen LogP contribution in [0.4, 0.5) is 0 Å². The van der Waals surface area contributed by atoms with E-state index in [1.54, 1.807) is 0 Å². The quantitative estimate of drug-likeness (QED) is 0.277. The highest BCUT2D eigenvalue weighted by Crippen LogP contribution is 2.12. The summed E-state index contributed by atoms with van der Waals surface area (Å²) in [4.78, 5) is 10.5. The molecule has 3 nitrogen and oxygen atoms in total. The number of quaternary nitrogens is 1. The molecule has 0 aromatic heterocycles. The first-order valence-electron chi connectivity index (χ1n) is 10.0. The lowest BCUT2D eigenvalue weighted by atomic mass is 10.1. The number of carbonyl (C=O) groups is 1. The summed E-state index contributed by atoms with van der Waals surface area (Å²) in [5.74, 6) is -0.663. The molecule has 0 fully saturated rings. The molecule has 0 atom stereocenters. The minimum Gasteiger partial charge on any atom is -0.481 e. The summed E-state index contributed by atoms with van der Waals surface area (Å²) in [6.45, 7) is 4.71. The molecule has 0 aromatic rings. The highest BCUT2D eigenvalue weighted by Gasteiger charge is 2.13. The summed E-state index contributed by atoms with van der Waals surface area (Å²) in [7, 11) is 4.62. The molecule has 0 aliphatic rings. The van der Waals surface area contributed by atoms with Crippen LogP contribution in [-0.2, 0) is 4.79 Å². The van der Waals surface area contributed by atoms with Crippen molar-refractivity contribution in [2.45, 2.75) is 96.8 Å². The maximum atomic E-state index is 10.5. The van der Waals surface area contributed by atoms with Crippen LogP contribution in [0, 0.1) is 0 Å². The molecule has 3 heteroatoms. The Morgan fingerprint density at radius 2 is 1.09 bits per heavy atom. The minimum atomic E-state index is -0.663. The smallest absolute Gasteiger partial charge is 0.303 e. The van der Waals surface area contributed by atoms with Crippen molar-refractivity contribution in [1.29, 1.82) is 0 Å². The van der Waals surface area contributed by atoms with E-state index in [0.29, 0.717) is 6.42 Å². The number of hydrogen-bond donors (Lipinski definition) is 1. The second-order valence-corrected chi connectivity index (χ2v) is 7.77. The molecular weight excluding hydrogens is 286 g/mol. The molecule has 0 amide bonds. The van der Waals surface area contributed by atoms with E-state index in [9.17, 15) is 4.79 Å². The minimum absolute atomic E-state index is 0.325. The van der Waals surface area contributed by atoms with Crippen molar-refractivity contribution in [1.82, 2.24) is 0 Å². The van der Waals surface area contributed by atoms with Gasteiger partial charge in [-0.15, -0.1) is 0 Å². The zero-order valence-electron chi connectivity index (χ0n) is 16.1. The average molecular weight is 329 g/mol. The van der Waals surface area contributed by atoms with Crippen LogP contribution < -0.4 is 0 Å². The Bertz CT molecular complexity index is 277. The van der Waals surface area contributed by atoms with Crippen LogP contribution in [0.15, 0.2) is 0 Å². The number of nitrogens with zero attached hydrogens (tertiary/aromatic N) is 1. The predicted octanol–water partition coefficient (Wildman–Crippen LogP) is 5.63. The summed E-state index contributed by atoms with van der Waals surface area (Å²) < 4.78 is 1.09. The summed E-state index contributed by atoms with van der Waals surface area (Å²) in [5.41, 5.74) is 0. The second-order valence-electron chi connectivity index (χ2n) is 7.77. The molecule has 0 aliphatic heterocycles. The first-order chi connectivity index (χ1) is 11.0. The Morgan fingerprint density at radius 3 is 1.52 bits per heavy atom. The van der Waals surface area contributed by atoms with Crippen LogP contribution in [0.5, 0.6) is 0 Å². The average Bonchev–Trinajstić information content (AvgIpc) is 2.48. The zero-order chi connectivity index (χ0) is 17.4. The van der Waals surface area contributed by atoms with E-state index in [2.05, 4.69) is 21.0 Å². The molecule has 23 heavy (non-hydrogen) atoms. The van der Waals surface area contributed by atoms with Gasteiger partial charge in [0.1, 0.15) is 0 Å². The van der Waals surface area contributed by atoms with Gasteiger partial charge in [-0.3, -0.25) is 4.79 Å². The number of aliphatic carboxylic acids is 1. The van der Waals surface area contributed by atoms with Gasteiger partial charge in [-0.2, -0.15) is 0 Å². The normalized spacial score (nSPS) is 11.8. The molecule has 0 spiro atoms. The Kier molecular flexibility index (Phi) is 14.6. The Labute approximate surface area is 145 Å². The molecule has 0 saturated heterocycles. The van der Waals surface area contributed by atoms with Crippen molar-refractivity contribution in [2.24, 2.45) is 0 Å². The van der Waals surface area contributed by atoms with Crippen molar-refractivity contribution in [3.05, 3.63) is 0 Å². The summed E-state index contributed by atoms with van der Waals surface area (Å²) in [6.07, 6.45) is 17.3. The maximum Gasteiger partial charge on any atom is 0.303 e. The van der Waals surface area contributed by atoms with Gasteiger partial charge in [0, 0.05) is 6.42 Å². The SMILES string of the molecule is CCCCCCCCCCCC[N+](C)(C)CCCCCC(=O)O. The summed E-state index contributed by atoms with van der Waals surface area (Å²) >= 11 is 0. The van der Waals surface area contributed by atoms with E-state index in [0.717, 1.165) is 23.7 Å². The molecule has 138 valence electrons. The van der Waals surface area contributed by atoms with Crippen molar-refractivity contribution in [3.8, 4) is 0 Å². The lowest BCUT2D eigenvalue weighted by Gasteiger charge is -2.30. The van der Waals surface area contributed by atoms with Gasteiger partial charge in [0.05, 0.1) is 27.2 Å². The molecule has 0 bridgehead atoms. The number of carboxylic acid groups (broad SMARTS) is 1. The van der Waals surface area contributed by atoms with Gasteiger partial charge in [0.2, 0.25) is 0 Å². The van der Waals surface area contributed by atoms with E-state index >= 15 is 0 Å². The van der Waals surface area contributed by atoms with Crippen molar-refractivity contribution >= 4 is 5.97 Å². The van der Waals surface area contributed by atoms with E-state index in [1.807, 2.05) is 0 Å². The molecular formula is C20H42NO2+. The fourth-order valence-corrected chi connectivity index (χ4v) is 3.13. The topological polar surface area (TPSA) is 37.3 Å². The molecule has 0 saturated carbocycles. The lowest BCUT2D eigenvalue weighted by molar-refractivity contribution is -0.890. The Hall–Kier alpha value is -0.570. The summed E-state index contributed by atoms with van der Waals surface area (Å²) in [6, 6.07) is 0. The first kappa shape index (κ1) is 22.4. The van der Waals surface area contributed by atoms with Crippen molar-refractivity contribution in [3.63, 3.8) is 0 Å². The number of hydrogen-bond acceptors (Lipinski definition) is 1. The lowest BCUT2D eigenvalue weighted by Crippen LogP contribution is -2.41. The fourth-order valence-electron chi connectivity index (χ4n) is 3.13. The van der Waals surface area contributed by atoms with Crippen LogP contribution in [0.2, 0.25) is 0 Å². The van der Waals surface area contributed by atoms with E-state index in [4.69, 9.17) is 5.11 Å². The third-order valence-corrected chi connectivity index (χ3v) is 4.77. The van der Waals surface area contributed by atoms with Crippen LogP contribution >= 0.6 is 0 Å². The molecule has 0 rings (SSSR count). The molecule has 0 unspecified atom stereocenters. The highest BCUT2D eigenvalue weighted by molar-refractivity contribution is 5.66. The van der Waals surface area contributed by atoms with E-state index < -0.39 is 5.97 Å². The van der Waals surface area contributed by atoms with Crippen LogP contribution in [0.1, 0.15) is 96.8 Å². The number of carboxylic acids is 1. The molecule has 0 radical (unpaired) electrons. The molecule has 0 aromatic carbocycles. The van der Waals surface area contributed by atoms with Gasteiger partial charge >= 0.3 is 5.97 Å². The van der Waals surface area contributed by atoms with Gasteiger partial charge in [-0.05, 0) is 32.1 Å². The van der Waals surface area contributed by atoms with Gasteiger partial charge in [-0.25, -0.2) is 0 Å². The second kappa shape index (κ2) is 15.0. The van der Waals surface area contributed by atoms with Gasteiger partial charge in [0.25, 0.3) is 0 Å². The van der Waals surface area contributed by atoms with Gasteiger partial charge < -0.3 is 9.59 Å². The monoisotopic (exact) mass is 328 g/mol. The Balaban J connectivity index is 3.36. The number of rotatable bonds is 17.